The lowest BCUT2D eigenvalue weighted by Gasteiger charge is -2.18. The summed E-state index contributed by atoms with van der Waals surface area (Å²) in [7, 11) is 0. The Labute approximate surface area is 149 Å². The number of hydrogen-bond acceptors (Lipinski definition) is 6. The van der Waals surface area contributed by atoms with Gasteiger partial charge in [0.05, 0.1) is 11.4 Å². The molecule has 1 aliphatic heterocycles. The molecule has 7 heteroatoms. The Morgan fingerprint density at radius 2 is 1.81 bits per heavy atom. The zero-order chi connectivity index (χ0) is 17.5. The van der Waals surface area contributed by atoms with Gasteiger partial charge in [-0.25, -0.2) is 15.0 Å². The molecule has 7 nitrogen and oxygen atoms in total. The number of anilines is 1. The number of imidazole rings is 1. The maximum atomic E-state index is 5.90. The number of benzene rings is 1. The largest absolute Gasteiger partial charge is 0.486 e. The highest BCUT2D eigenvalue weighted by molar-refractivity contribution is 5.82. The van der Waals surface area contributed by atoms with Crippen LogP contribution in [0.25, 0.3) is 28.3 Å². The maximum Gasteiger partial charge on any atom is 0.234 e. The fraction of sp³-hybridized carbons (Fsp3) is 0.105. The van der Waals surface area contributed by atoms with Crippen LogP contribution in [-0.2, 0) is 0 Å². The van der Waals surface area contributed by atoms with Gasteiger partial charge in [-0.3, -0.25) is 4.40 Å². The normalized spacial score (nSPS) is 13.1. The predicted octanol–water partition coefficient (Wildman–Crippen LogP) is 2.81. The molecule has 3 aromatic heterocycles. The monoisotopic (exact) mass is 345 g/mol. The summed E-state index contributed by atoms with van der Waals surface area (Å²) in [5.74, 6) is 2.53. The van der Waals surface area contributed by atoms with Crippen molar-refractivity contribution >= 4 is 11.6 Å². The smallest absolute Gasteiger partial charge is 0.234 e. The Bertz CT molecular complexity index is 1120. The molecular weight excluding hydrogens is 330 g/mol. The van der Waals surface area contributed by atoms with Gasteiger partial charge in [-0.2, -0.15) is 0 Å². The SMILES string of the molecule is Nc1cc(-c2c(-c3ccc4c(c3)OCCO4)nc3ncccn23)ccn1. The van der Waals surface area contributed by atoms with Crippen molar-refractivity contribution < 1.29 is 9.47 Å². The summed E-state index contributed by atoms with van der Waals surface area (Å²) in [5, 5.41) is 0. The van der Waals surface area contributed by atoms with Crippen LogP contribution in [0.2, 0.25) is 0 Å². The molecule has 128 valence electrons. The number of nitrogens with two attached hydrogens (primary N) is 1. The second kappa shape index (κ2) is 5.73. The molecule has 0 amide bonds. The number of rotatable bonds is 2. The van der Waals surface area contributed by atoms with Gasteiger partial charge >= 0.3 is 0 Å². The van der Waals surface area contributed by atoms with Crippen molar-refractivity contribution in [3.05, 3.63) is 55.0 Å². The Kier molecular flexibility index (Phi) is 3.24. The summed E-state index contributed by atoms with van der Waals surface area (Å²) in [6.07, 6.45) is 5.34. The summed E-state index contributed by atoms with van der Waals surface area (Å²) in [5.41, 5.74) is 9.44. The average Bonchev–Trinajstić information content (AvgIpc) is 3.07. The first kappa shape index (κ1) is 14.7. The van der Waals surface area contributed by atoms with E-state index in [1.54, 1.807) is 12.4 Å². The molecule has 0 bridgehead atoms. The zero-order valence-electron chi connectivity index (χ0n) is 13.8. The van der Waals surface area contributed by atoms with Gasteiger partial charge in [0, 0.05) is 29.7 Å². The molecule has 0 fully saturated rings. The molecule has 0 unspecified atom stereocenters. The first-order valence-electron chi connectivity index (χ1n) is 8.24. The van der Waals surface area contributed by atoms with Crippen molar-refractivity contribution in [2.75, 3.05) is 18.9 Å². The van der Waals surface area contributed by atoms with Crippen LogP contribution in [0.4, 0.5) is 5.82 Å². The minimum absolute atomic E-state index is 0.453. The van der Waals surface area contributed by atoms with E-state index in [1.165, 1.54) is 0 Å². The van der Waals surface area contributed by atoms with Crippen LogP contribution in [0.1, 0.15) is 0 Å². The lowest BCUT2D eigenvalue weighted by atomic mass is 10.0. The van der Waals surface area contributed by atoms with Crippen LogP contribution in [0.15, 0.2) is 55.0 Å². The standard InChI is InChI=1S/C19H15N5O2/c20-16-11-13(4-6-21-16)18-17(23-19-22-5-1-7-24(18)19)12-2-3-14-15(10-12)26-9-8-25-14/h1-7,10-11H,8-9H2,(H2,20,21). The topological polar surface area (TPSA) is 87.6 Å². The third kappa shape index (κ3) is 2.33. The Morgan fingerprint density at radius 3 is 2.69 bits per heavy atom. The Hall–Kier alpha value is -3.61. The van der Waals surface area contributed by atoms with Gasteiger partial charge in [0.25, 0.3) is 0 Å². The third-order valence-electron chi connectivity index (χ3n) is 4.27. The van der Waals surface area contributed by atoms with E-state index in [2.05, 4.69) is 9.97 Å². The number of aromatic nitrogens is 4. The fourth-order valence-electron chi connectivity index (χ4n) is 3.15. The predicted molar refractivity (Wildman–Crippen MR) is 97.1 cm³/mol. The van der Waals surface area contributed by atoms with Crippen LogP contribution < -0.4 is 15.2 Å². The summed E-state index contributed by atoms with van der Waals surface area (Å²) >= 11 is 0. The van der Waals surface area contributed by atoms with Crippen LogP contribution in [0.5, 0.6) is 11.5 Å². The highest BCUT2D eigenvalue weighted by Crippen LogP contribution is 2.38. The summed E-state index contributed by atoms with van der Waals surface area (Å²) in [6, 6.07) is 11.4. The molecule has 1 aliphatic rings. The highest BCUT2D eigenvalue weighted by Gasteiger charge is 2.19. The van der Waals surface area contributed by atoms with E-state index < -0.39 is 0 Å². The van der Waals surface area contributed by atoms with Gasteiger partial charge in [-0.15, -0.1) is 0 Å². The molecule has 0 spiro atoms. The minimum atomic E-state index is 0.453. The molecule has 0 saturated carbocycles. The fourth-order valence-corrected chi connectivity index (χ4v) is 3.15. The van der Waals surface area contributed by atoms with E-state index in [0.29, 0.717) is 24.8 Å². The van der Waals surface area contributed by atoms with Gasteiger partial charge in [-0.1, -0.05) is 0 Å². The van der Waals surface area contributed by atoms with Gasteiger partial charge < -0.3 is 15.2 Å². The van der Waals surface area contributed by atoms with Crippen molar-refractivity contribution in [1.29, 1.82) is 0 Å². The first-order valence-corrected chi connectivity index (χ1v) is 8.24. The molecular formula is C19H15N5O2. The van der Waals surface area contributed by atoms with Gasteiger partial charge in [0.1, 0.15) is 19.0 Å². The lowest BCUT2D eigenvalue weighted by molar-refractivity contribution is 0.171. The average molecular weight is 345 g/mol. The Balaban J connectivity index is 1.76. The molecule has 4 heterocycles. The number of hydrogen-bond donors (Lipinski definition) is 1. The number of nitrogens with zero attached hydrogens (tertiary/aromatic N) is 4. The number of nitrogen functional groups attached to an aromatic ring is 1. The Morgan fingerprint density at radius 1 is 0.923 bits per heavy atom. The summed E-state index contributed by atoms with van der Waals surface area (Å²) in [4.78, 5) is 13.2. The van der Waals surface area contributed by atoms with E-state index in [4.69, 9.17) is 20.2 Å². The van der Waals surface area contributed by atoms with Crippen LogP contribution >= 0.6 is 0 Å². The molecule has 5 rings (SSSR count). The summed E-state index contributed by atoms with van der Waals surface area (Å²) in [6.45, 7) is 1.10. The van der Waals surface area contributed by atoms with Crippen LogP contribution in [-0.4, -0.2) is 32.6 Å². The van der Waals surface area contributed by atoms with E-state index in [1.807, 2.05) is 47.0 Å². The van der Waals surface area contributed by atoms with Gasteiger partial charge in [0.2, 0.25) is 5.78 Å². The van der Waals surface area contributed by atoms with E-state index in [0.717, 1.165) is 34.0 Å². The van der Waals surface area contributed by atoms with Crippen molar-refractivity contribution in [2.45, 2.75) is 0 Å². The number of ether oxygens (including phenoxy) is 2. The lowest BCUT2D eigenvalue weighted by Crippen LogP contribution is -2.15. The van der Waals surface area contributed by atoms with Crippen molar-refractivity contribution in [1.82, 2.24) is 19.4 Å². The maximum absolute atomic E-state index is 5.90. The molecule has 4 aromatic rings. The van der Waals surface area contributed by atoms with E-state index >= 15 is 0 Å². The van der Waals surface area contributed by atoms with Crippen molar-refractivity contribution in [2.24, 2.45) is 0 Å². The molecule has 0 saturated heterocycles. The quantitative estimate of drug-likeness (QED) is 0.601. The van der Waals surface area contributed by atoms with Crippen molar-refractivity contribution in [3.63, 3.8) is 0 Å². The molecule has 0 aliphatic carbocycles. The first-order chi connectivity index (χ1) is 12.8. The van der Waals surface area contributed by atoms with E-state index in [-0.39, 0.29) is 0 Å². The molecule has 1 aromatic carbocycles. The van der Waals surface area contributed by atoms with Crippen LogP contribution in [0, 0.1) is 0 Å². The number of fused-ring (bicyclic) bond motifs is 2. The molecule has 0 radical (unpaired) electrons. The van der Waals surface area contributed by atoms with E-state index in [9.17, 15) is 0 Å². The molecule has 0 atom stereocenters. The highest BCUT2D eigenvalue weighted by atomic mass is 16.6. The summed E-state index contributed by atoms with van der Waals surface area (Å²) < 4.78 is 13.3. The number of pyridine rings is 1. The zero-order valence-corrected chi connectivity index (χ0v) is 13.8. The second-order valence-corrected chi connectivity index (χ2v) is 5.93. The van der Waals surface area contributed by atoms with Crippen LogP contribution in [0.3, 0.4) is 0 Å². The molecule has 2 N–H and O–H groups in total. The molecule has 26 heavy (non-hydrogen) atoms. The van der Waals surface area contributed by atoms with Gasteiger partial charge in [0.15, 0.2) is 11.5 Å². The minimum Gasteiger partial charge on any atom is -0.486 e. The van der Waals surface area contributed by atoms with Crippen molar-refractivity contribution in [3.8, 4) is 34.0 Å². The second-order valence-electron chi connectivity index (χ2n) is 5.93. The third-order valence-corrected chi connectivity index (χ3v) is 4.27. The van der Waals surface area contributed by atoms with Gasteiger partial charge in [-0.05, 0) is 36.4 Å².